The fourth-order valence-corrected chi connectivity index (χ4v) is 2.95. The van der Waals surface area contributed by atoms with Crippen molar-refractivity contribution >= 4 is 11.8 Å². The molecule has 0 amide bonds. The zero-order chi connectivity index (χ0) is 11.9. The Balaban J connectivity index is 2.28. The van der Waals surface area contributed by atoms with Crippen LogP contribution < -0.4 is 0 Å². The average Bonchev–Trinajstić information content (AvgIpc) is 2.58. The van der Waals surface area contributed by atoms with Crippen LogP contribution in [0.3, 0.4) is 0 Å². The van der Waals surface area contributed by atoms with E-state index in [2.05, 4.69) is 0 Å². The molecule has 1 aliphatic rings. The largest absolute Gasteiger partial charge is 0.416 e. The highest BCUT2D eigenvalue weighted by Crippen LogP contribution is 2.41. The van der Waals surface area contributed by atoms with Gasteiger partial charge in [0.1, 0.15) is 0 Å². The Morgan fingerprint density at radius 2 is 2.12 bits per heavy atom. The molecule has 2 rings (SSSR count). The van der Waals surface area contributed by atoms with E-state index in [0.29, 0.717) is 12.0 Å². The van der Waals surface area contributed by atoms with Crippen LogP contribution in [0.2, 0.25) is 0 Å². The van der Waals surface area contributed by atoms with Crippen molar-refractivity contribution in [3.05, 3.63) is 29.3 Å². The normalized spacial score (nSPS) is 21.9. The summed E-state index contributed by atoms with van der Waals surface area (Å²) >= 11 is 1.45. The van der Waals surface area contributed by atoms with Gasteiger partial charge in [0.25, 0.3) is 0 Å². The van der Waals surface area contributed by atoms with Crippen molar-refractivity contribution in [2.75, 3.05) is 0 Å². The molecule has 1 aliphatic heterocycles. The number of benzene rings is 1. The van der Waals surface area contributed by atoms with Gasteiger partial charge in [0, 0.05) is 10.1 Å². The second-order valence-corrected chi connectivity index (χ2v) is 5.20. The Labute approximate surface area is 95.7 Å². The number of thioether (sulfide) groups is 1. The van der Waals surface area contributed by atoms with E-state index in [1.165, 1.54) is 23.9 Å². The summed E-state index contributed by atoms with van der Waals surface area (Å²) in [6, 6.07) is 3.77. The van der Waals surface area contributed by atoms with Crippen LogP contribution in [0.15, 0.2) is 23.1 Å². The predicted octanol–water partition coefficient (Wildman–Crippen LogP) is 3.10. The van der Waals surface area contributed by atoms with E-state index in [9.17, 15) is 18.3 Å². The minimum atomic E-state index is -4.29. The SMILES string of the molecule is CC(O)C1Cc2cc(C(F)(F)F)ccc2S1. The fourth-order valence-electron chi connectivity index (χ4n) is 1.72. The fraction of sp³-hybridized carbons (Fsp3) is 0.455. The third-order valence-electron chi connectivity index (χ3n) is 2.63. The zero-order valence-corrected chi connectivity index (χ0v) is 9.40. The third kappa shape index (κ3) is 2.20. The quantitative estimate of drug-likeness (QED) is 0.824. The molecule has 1 N–H and O–H groups in total. The topological polar surface area (TPSA) is 20.2 Å². The first-order valence-corrected chi connectivity index (χ1v) is 5.81. The Bertz CT molecular complexity index is 401. The van der Waals surface area contributed by atoms with Gasteiger partial charge in [-0.3, -0.25) is 0 Å². The molecule has 1 aromatic rings. The number of alkyl halides is 3. The number of hydrogen-bond acceptors (Lipinski definition) is 2. The van der Waals surface area contributed by atoms with E-state index in [0.717, 1.165) is 11.0 Å². The minimum Gasteiger partial charge on any atom is -0.392 e. The number of hydrogen-bond donors (Lipinski definition) is 1. The van der Waals surface area contributed by atoms with Crippen LogP contribution in [0.4, 0.5) is 13.2 Å². The number of rotatable bonds is 1. The van der Waals surface area contributed by atoms with Crippen LogP contribution in [0.25, 0.3) is 0 Å². The molecule has 88 valence electrons. The molecule has 5 heteroatoms. The molecule has 0 aromatic heterocycles. The first-order valence-electron chi connectivity index (χ1n) is 4.93. The molecule has 1 aromatic carbocycles. The van der Waals surface area contributed by atoms with Gasteiger partial charge in [-0.15, -0.1) is 11.8 Å². The first kappa shape index (κ1) is 11.8. The van der Waals surface area contributed by atoms with E-state index >= 15 is 0 Å². The molecule has 0 aliphatic carbocycles. The van der Waals surface area contributed by atoms with Gasteiger partial charge in [0.15, 0.2) is 0 Å². The van der Waals surface area contributed by atoms with Crippen LogP contribution in [0, 0.1) is 0 Å². The lowest BCUT2D eigenvalue weighted by molar-refractivity contribution is -0.137. The molecule has 0 fully saturated rings. The van der Waals surface area contributed by atoms with Crippen molar-refractivity contribution in [1.82, 2.24) is 0 Å². The summed E-state index contributed by atoms with van der Waals surface area (Å²) in [7, 11) is 0. The van der Waals surface area contributed by atoms with E-state index in [4.69, 9.17) is 0 Å². The van der Waals surface area contributed by atoms with E-state index < -0.39 is 17.8 Å². The lowest BCUT2D eigenvalue weighted by Gasteiger charge is -2.10. The highest BCUT2D eigenvalue weighted by molar-refractivity contribution is 8.00. The van der Waals surface area contributed by atoms with Crippen molar-refractivity contribution in [2.24, 2.45) is 0 Å². The third-order valence-corrected chi connectivity index (χ3v) is 4.14. The molecule has 0 spiro atoms. The van der Waals surface area contributed by atoms with Gasteiger partial charge in [-0.2, -0.15) is 13.2 Å². The standard InChI is InChI=1S/C11H11F3OS/c1-6(15)10-5-7-4-8(11(12,13)14)2-3-9(7)16-10/h2-4,6,10,15H,5H2,1H3. The average molecular weight is 248 g/mol. The van der Waals surface area contributed by atoms with Crippen LogP contribution in [-0.2, 0) is 12.6 Å². The van der Waals surface area contributed by atoms with Crippen molar-refractivity contribution in [2.45, 2.75) is 35.8 Å². The van der Waals surface area contributed by atoms with Crippen LogP contribution in [0.1, 0.15) is 18.1 Å². The Hall–Kier alpha value is -0.680. The smallest absolute Gasteiger partial charge is 0.392 e. The maximum atomic E-state index is 12.5. The molecule has 0 saturated heterocycles. The number of aliphatic hydroxyl groups excluding tert-OH is 1. The van der Waals surface area contributed by atoms with Gasteiger partial charge in [-0.25, -0.2) is 0 Å². The molecular weight excluding hydrogens is 237 g/mol. The molecule has 0 radical (unpaired) electrons. The number of fused-ring (bicyclic) bond motifs is 1. The Kier molecular flexibility index (Phi) is 2.92. The van der Waals surface area contributed by atoms with E-state index in [-0.39, 0.29) is 5.25 Å². The summed E-state index contributed by atoms with van der Waals surface area (Å²) in [6.07, 6.45) is -4.30. The number of halogens is 3. The van der Waals surface area contributed by atoms with Gasteiger partial charge >= 0.3 is 6.18 Å². The van der Waals surface area contributed by atoms with Crippen LogP contribution in [0.5, 0.6) is 0 Å². The molecule has 0 bridgehead atoms. The Morgan fingerprint density at radius 1 is 1.44 bits per heavy atom. The van der Waals surface area contributed by atoms with Crippen molar-refractivity contribution in [3.8, 4) is 0 Å². The first-order chi connectivity index (χ1) is 7.38. The van der Waals surface area contributed by atoms with Crippen molar-refractivity contribution in [3.63, 3.8) is 0 Å². The van der Waals surface area contributed by atoms with E-state index in [1.807, 2.05) is 0 Å². The molecule has 2 atom stereocenters. The van der Waals surface area contributed by atoms with Gasteiger partial charge in [-0.05, 0) is 37.1 Å². The highest BCUT2D eigenvalue weighted by Gasteiger charge is 2.33. The van der Waals surface area contributed by atoms with E-state index in [1.54, 1.807) is 6.92 Å². The lowest BCUT2D eigenvalue weighted by atomic mass is 10.0. The summed E-state index contributed by atoms with van der Waals surface area (Å²) in [5, 5.41) is 9.38. The molecule has 1 nitrogen and oxygen atoms in total. The highest BCUT2D eigenvalue weighted by atomic mass is 32.2. The van der Waals surface area contributed by atoms with Gasteiger partial charge in [0.05, 0.1) is 11.7 Å². The van der Waals surface area contributed by atoms with Crippen molar-refractivity contribution < 1.29 is 18.3 Å². The molecule has 0 saturated carbocycles. The van der Waals surface area contributed by atoms with Crippen LogP contribution >= 0.6 is 11.8 Å². The second-order valence-electron chi connectivity index (χ2n) is 3.92. The summed E-state index contributed by atoms with van der Waals surface area (Å²) in [5.41, 5.74) is 0.0730. The monoisotopic (exact) mass is 248 g/mol. The Morgan fingerprint density at radius 3 is 2.69 bits per heavy atom. The van der Waals surface area contributed by atoms with Gasteiger partial charge < -0.3 is 5.11 Å². The van der Waals surface area contributed by atoms with Crippen molar-refractivity contribution in [1.29, 1.82) is 0 Å². The minimum absolute atomic E-state index is 0.0292. The molecule has 2 unspecified atom stereocenters. The molecule has 1 heterocycles. The summed E-state index contributed by atoms with van der Waals surface area (Å²) in [5.74, 6) is 0. The zero-order valence-electron chi connectivity index (χ0n) is 8.58. The molecule has 16 heavy (non-hydrogen) atoms. The predicted molar refractivity (Wildman–Crippen MR) is 56.5 cm³/mol. The number of aliphatic hydroxyl groups is 1. The summed E-state index contributed by atoms with van der Waals surface area (Å²) < 4.78 is 37.4. The summed E-state index contributed by atoms with van der Waals surface area (Å²) in [4.78, 5) is 0.846. The molecular formula is C11H11F3OS. The van der Waals surface area contributed by atoms with Gasteiger partial charge in [-0.1, -0.05) is 0 Å². The maximum Gasteiger partial charge on any atom is 0.416 e. The summed E-state index contributed by atoms with van der Waals surface area (Å²) in [6.45, 7) is 1.66. The second kappa shape index (κ2) is 3.96. The van der Waals surface area contributed by atoms with Crippen LogP contribution in [-0.4, -0.2) is 16.5 Å². The van der Waals surface area contributed by atoms with Gasteiger partial charge in [0.2, 0.25) is 0 Å². The lowest BCUT2D eigenvalue weighted by Crippen LogP contribution is -2.18. The maximum absolute atomic E-state index is 12.5.